The van der Waals surface area contributed by atoms with E-state index in [1.54, 1.807) is 24.3 Å². The van der Waals surface area contributed by atoms with Crippen molar-refractivity contribution in [3.8, 4) is 0 Å². The molecule has 0 radical (unpaired) electrons. The largest absolute Gasteiger partial charge is 0.345 e. The number of pyridine rings is 1. The zero-order chi connectivity index (χ0) is 20.0. The van der Waals surface area contributed by atoms with Gasteiger partial charge in [-0.3, -0.25) is 14.1 Å². The molecule has 0 bridgehead atoms. The van der Waals surface area contributed by atoms with E-state index in [1.165, 1.54) is 10.6 Å². The number of hydrogen-bond donors (Lipinski definition) is 0. The first kappa shape index (κ1) is 20.9. The first-order valence-electron chi connectivity index (χ1n) is 8.86. The molecule has 0 aliphatic carbocycles. The molecule has 27 heavy (non-hydrogen) atoms. The van der Waals surface area contributed by atoms with Gasteiger partial charge in [-0.05, 0) is 55.2 Å². The Balaban J connectivity index is 2.02. The molecule has 0 unspecified atom stereocenters. The van der Waals surface area contributed by atoms with Crippen LogP contribution >= 0.6 is 0 Å². The molecule has 1 aromatic heterocycles. The highest BCUT2D eigenvalue weighted by atomic mass is 32.2. The van der Waals surface area contributed by atoms with E-state index in [4.69, 9.17) is 0 Å². The molecule has 0 aliphatic heterocycles. The zero-order valence-electron chi connectivity index (χ0n) is 16.3. The third-order valence-electron chi connectivity index (χ3n) is 4.47. The lowest BCUT2D eigenvalue weighted by Crippen LogP contribution is -2.36. The highest BCUT2D eigenvalue weighted by molar-refractivity contribution is 7.92. The molecule has 6 nitrogen and oxygen atoms in total. The van der Waals surface area contributed by atoms with Gasteiger partial charge in [0.25, 0.3) is 0 Å². The third-order valence-corrected chi connectivity index (χ3v) is 5.65. The van der Waals surface area contributed by atoms with Crippen molar-refractivity contribution < 1.29 is 13.2 Å². The molecular formula is C20H27N3O3S. The van der Waals surface area contributed by atoms with Gasteiger partial charge in [0, 0.05) is 39.0 Å². The van der Waals surface area contributed by atoms with Crippen LogP contribution in [0.3, 0.4) is 0 Å². The van der Waals surface area contributed by atoms with Crippen LogP contribution in [0.2, 0.25) is 0 Å². The smallest absolute Gasteiger partial charge is 0.232 e. The highest BCUT2D eigenvalue weighted by Gasteiger charge is 2.21. The molecule has 1 aromatic carbocycles. The summed E-state index contributed by atoms with van der Waals surface area (Å²) < 4.78 is 25.9. The van der Waals surface area contributed by atoms with Crippen molar-refractivity contribution in [1.82, 2.24) is 9.88 Å². The van der Waals surface area contributed by atoms with E-state index in [-0.39, 0.29) is 18.9 Å². The minimum atomic E-state index is -3.48. The topological polar surface area (TPSA) is 70.6 Å². The van der Waals surface area contributed by atoms with E-state index >= 15 is 0 Å². The van der Waals surface area contributed by atoms with Crippen LogP contribution in [-0.2, 0) is 21.2 Å². The Labute approximate surface area is 161 Å². The fourth-order valence-corrected chi connectivity index (χ4v) is 3.79. The SMILES string of the molecule is Cc1ccc(C)c(N(CCC(=O)N(C)CCc2ccncc2)S(C)(=O)=O)c1. The number of anilines is 1. The van der Waals surface area contributed by atoms with Gasteiger partial charge in [-0.2, -0.15) is 0 Å². The summed E-state index contributed by atoms with van der Waals surface area (Å²) >= 11 is 0. The van der Waals surface area contributed by atoms with Gasteiger partial charge < -0.3 is 4.90 Å². The van der Waals surface area contributed by atoms with E-state index in [9.17, 15) is 13.2 Å². The van der Waals surface area contributed by atoms with E-state index in [1.807, 2.05) is 44.2 Å². The van der Waals surface area contributed by atoms with Crippen LogP contribution in [0.1, 0.15) is 23.1 Å². The molecule has 0 saturated carbocycles. The second-order valence-electron chi connectivity index (χ2n) is 6.80. The summed E-state index contributed by atoms with van der Waals surface area (Å²) in [6.07, 6.45) is 5.49. The third kappa shape index (κ3) is 6.06. The Bertz CT molecular complexity index is 883. The molecule has 2 aromatic rings. The first-order valence-corrected chi connectivity index (χ1v) is 10.7. The summed E-state index contributed by atoms with van der Waals surface area (Å²) in [4.78, 5) is 18.1. The van der Waals surface area contributed by atoms with Gasteiger partial charge >= 0.3 is 0 Å². The second-order valence-corrected chi connectivity index (χ2v) is 8.70. The highest BCUT2D eigenvalue weighted by Crippen LogP contribution is 2.24. The summed E-state index contributed by atoms with van der Waals surface area (Å²) in [5.74, 6) is -0.0805. The summed E-state index contributed by atoms with van der Waals surface area (Å²) in [7, 11) is -1.74. The molecule has 1 amide bonds. The number of rotatable bonds is 8. The number of sulfonamides is 1. The molecule has 2 rings (SSSR count). The van der Waals surface area contributed by atoms with Crippen LogP contribution in [0.4, 0.5) is 5.69 Å². The number of hydrogen-bond acceptors (Lipinski definition) is 4. The predicted octanol–water partition coefficient (Wildman–Crippen LogP) is 2.56. The monoisotopic (exact) mass is 389 g/mol. The van der Waals surface area contributed by atoms with Crippen molar-refractivity contribution in [2.45, 2.75) is 26.7 Å². The van der Waals surface area contributed by atoms with Gasteiger partial charge in [0.2, 0.25) is 15.9 Å². The standard InChI is InChI=1S/C20H27N3O3S/c1-16-5-6-17(2)19(15-16)23(27(4,25)26)14-10-20(24)22(3)13-9-18-7-11-21-12-8-18/h5-8,11-12,15H,9-10,13-14H2,1-4H3. The first-order chi connectivity index (χ1) is 12.7. The van der Waals surface area contributed by atoms with Crippen molar-refractivity contribution in [1.29, 1.82) is 0 Å². The van der Waals surface area contributed by atoms with Crippen LogP contribution in [-0.4, -0.2) is 50.6 Å². The molecular weight excluding hydrogens is 362 g/mol. The van der Waals surface area contributed by atoms with Crippen LogP contribution in [0, 0.1) is 13.8 Å². The molecule has 1 heterocycles. The Morgan fingerprint density at radius 2 is 1.74 bits per heavy atom. The molecule has 0 saturated heterocycles. The van der Waals surface area contributed by atoms with Crippen LogP contribution in [0.15, 0.2) is 42.7 Å². The number of nitrogens with zero attached hydrogens (tertiary/aromatic N) is 3. The Hall–Kier alpha value is -2.41. The maximum Gasteiger partial charge on any atom is 0.232 e. The van der Waals surface area contributed by atoms with Crippen LogP contribution in [0.25, 0.3) is 0 Å². The van der Waals surface area contributed by atoms with Gasteiger partial charge in [0.15, 0.2) is 0 Å². The van der Waals surface area contributed by atoms with Gasteiger partial charge in [-0.1, -0.05) is 12.1 Å². The number of carbonyl (C=O) groups is 1. The van der Waals surface area contributed by atoms with E-state index in [2.05, 4.69) is 4.98 Å². The minimum Gasteiger partial charge on any atom is -0.345 e. The summed E-state index contributed by atoms with van der Waals surface area (Å²) in [6, 6.07) is 9.52. The summed E-state index contributed by atoms with van der Waals surface area (Å²) in [5, 5.41) is 0. The fraction of sp³-hybridized carbons (Fsp3) is 0.400. The normalized spacial score (nSPS) is 11.3. The second kappa shape index (κ2) is 8.99. The van der Waals surface area contributed by atoms with E-state index in [0.29, 0.717) is 12.2 Å². The number of aromatic nitrogens is 1. The average Bonchev–Trinajstić information content (AvgIpc) is 2.62. The quantitative estimate of drug-likeness (QED) is 0.696. The van der Waals surface area contributed by atoms with Crippen molar-refractivity contribution >= 4 is 21.6 Å². The average molecular weight is 390 g/mol. The van der Waals surface area contributed by atoms with Crippen LogP contribution in [0.5, 0.6) is 0 Å². The molecule has 0 fully saturated rings. The molecule has 0 aliphatic rings. The number of benzene rings is 1. The van der Waals surface area contributed by atoms with Gasteiger partial charge in [-0.15, -0.1) is 0 Å². The van der Waals surface area contributed by atoms with Crippen molar-refractivity contribution in [2.75, 3.05) is 30.7 Å². The van der Waals surface area contributed by atoms with Crippen molar-refractivity contribution in [2.24, 2.45) is 0 Å². The predicted molar refractivity (Wildman–Crippen MR) is 108 cm³/mol. The Kier molecular flexibility index (Phi) is 6.96. The van der Waals surface area contributed by atoms with E-state index < -0.39 is 10.0 Å². The van der Waals surface area contributed by atoms with Crippen molar-refractivity contribution in [3.63, 3.8) is 0 Å². The zero-order valence-corrected chi connectivity index (χ0v) is 17.2. The number of likely N-dealkylation sites (N-methyl/N-ethyl adjacent to an activating group) is 1. The summed E-state index contributed by atoms with van der Waals surface area (Å²) in [6.45, 7) is 4.49. The summed E-state index contributed by atoms with van der Waals surface area (Å²) in [5.41, 5.74) is 3.58. The minimum absolute atomic E-state index is 0.0805. The van der Waals surface area contributed by atoms with Gasteiger partial charge in [-0.25, -0.2) is 8.42 Å². The molecule has 146 valence electrons. The lowest BCUT2D eigenvalue weighted by Gasteiger charge is -2.25. The number of aryl methyl sites for hydroxylation is 2. The van der Waals surface area contributed by atoms with E-state index in [0.717, 1.165) is 23.1 Å². The Morgan fingerprint density at radius 1 is 1.07 bits per heavy atom. The van der Waals surface area contributed by atoms with Crippen molar-refractivity contribution in [3.05, 3.63) is 59.4 Å². The maximum atomic E-state index is 12.5. The number of carbonyl (C=O) groups excluding carboxylic acids is 1. The molecule has 0 spiro atoms. The van der Waals surface area contributed by atoms with Crippen LogP contribution < -0.4 is 4.31 Å². The molecule has 0 N–H and O–H groups in total. The lowest BCUT2D eigenvalue weighted by atomic mass is 10.1. The maximum absolute atomic E-state index is 12.5. The van der Waals surface area contributed by atoms with Gasteiger partial charge in [0.1, 0.15) is 0 Å². The Morgan fingerprint density at radius 3 is 2.37 bits per heavy atom. The lowest BCUT2D eigenvalue weighted by molar-refractivity contribution is -0.129. The van der Waals surface area contributed by atoms with Gasteiger partial charge in [0.05, 0.1) is 11.9 Å². The number of amides is 1. The molecule has 0 atom stereocenters. The fourth-order valence-electron chi connectivity index (χ4n) is 2.81. The molecule has 7 heteroatoms.